The van der Waals surface area contributed by atoms with Crippen LogP contribution in [-0.2, 0) is 14.3 Å². The fourth-order valence-corrected chi connectivity index (χ4v) is 3.81. The van der Waals surface area contributed by atoms with E-state index in [2.05, 4.69) is 4.74 Å². The van der Waals surface area contributed by atoms with E-state index in [4.69, 9.17) is 14.2 Å². The molecule has 0 radical (unpaired) electrons. The predicted octanol–water partition coefficient (Wildman–Crippen LogP) is 0.164. The zero-order valence-corrected chi connectivity index (χ0v) is 17.3. The molecule has 11 heteroatoms. The lowest BCUT2D eigenvalue weighted by atomic mass is 9.95. The first kappa shape index (κ1) is 22.8. The lowest BCUT2D eigenvalue weighted by molar-refractivity contribution is -0.271. The Morgan fingerprint density at radius 2 is 1.76 bits per heavy atom. The molecule has 0 amide bonds. The van der Waals surface area contributed by atoms with Gasteiger partial charge in [0.05, 0.1) is 13.5 Å². The lowest BCUT2D eigenvalue weighted by Gasteiger charge is -2.39. The largest absolute Gasteiger partial charge is 0.508 e. The smallest absolute Gasteiger partial charge is 0.337 e. The van der Waals surface area contributed by atoms with Crippen LogP contribution in [0, 0.1) is 0 Å². The average molecular weight is 462 g/mol. The third-order valence-electron chi connectivity index (χ3n) is 5.51. The number of aliphatic hydroxyl groups is 3. The third kappa shape index (κ3) is 4.18. The number of phenolic OH excluding ortho intramolecular Hbond substituents is 2. The number of fused-ring (bicyclic) bond motifs is 1. The SMILES string of the molecule is COC(=O)[C@H]1O[C@@H](Oc2cc(O)c3c(c2)O[C@H](c2ccccc2O)CC3=O)[C@H](O)[C@@H](O)[C@@H]1O. The Morgan fingerprint density at radius 3 is 2.45 bits per heavy atom. The quantitative estimate of drug-likeness (QED) is 0.392. The number of aromatic hydroxyl groups is 2. The van der Waals surface area contributed by atoms with Gasteiger partial charge in [-0.25, -0.2) is 4.79 Å². The first-order valence-electron chi connectivity index (χ1n) is 10.00. The Balaban J connectivity index is 1.61. The second-order valence-electron chi connectivity index (χ2n) is 7.65. The van der Waals surface area contributed by atoms with E-state index in [1.165, 1.54) is 12.1 Å². The van der Waals surface area contributed by atoms with Crippen molar-refractivity contribution in [2.45, 2.75) is 43.2 Å². The van der Waals surface area contributed by atoms with Crippen molar-refractivity contribution < 1.29 is 54.1 Å². The number of phenols is 2. The Hall–Kier alpha value is -3.38. The highest BCUT2D eigenvalue weighted by Crippen LogP contribution is 2.43. The summed E-state index contributed by atoms with van der Waals surface area (Å²) in [5.74, 6) is -2.09. The van der Waals surface area contributed by atoms with Crippen LogP contribution in [0.2, 0.25) is 0 Å². The first-order chi connectivity index (χ1) is 15.7. The van der Waals surface area contributed by atoms with E-state index in [-0.39, 0.29) is 29.2 Å². The molecule has 0 saturated carbocycles. The van der Waals surface area contributed by atoms with Crippen LogP contribution in [0.1, 0.15) is 28.4 Å². The van der Waals surface area contributed by atoms with Gasteiger partial charge < -0.3 is 44.5 Å². The van der Waals surface area contributed by atoms with E-state index >= 15 is 0 Å². The van der Waals surface area contributed by atoms with Crippen LogP contribution in [0.15, 0.2) is 36.4 Å². The molecule has 0 aliphatic carbocycles. The number of rotatable bonds is 4. The molecule has 4 rings (SSSR count). The fourth-order valence-electron chi connectivity index (χ4n) is 3.81. The Kier molecular flexibility index (Phi) is 6.13. The van der Waals surface area contributed by atoms with Crippen molar-refractivity contribution in [1.82, 2.24) is 0 Å². The van der Waals surface area contributed by atoms with Crippen LogP contribution in [0.5, 0.6) is 23.0 Å². The highest BCUT2D eigenvalue weighted by atomic mass is 16.7. The monoisotopic (exact) mass is 462 g/mol. The van der Waals surface area contributed by atoms with Crippen molar-refractivity contribution in [3.8, 4) is 23.0 Å². The maximum atomic E-state index is 12.6. The summed E-state index contributed by atoms with van der Waals surface area (Å²) in [6.45, 7) is 0. The molecular formula is C22H22O11. The number of hydrogen-bond acceptors (Lipinski definition) is 11. The molecule has 2 heterocycles. The number of Topliss-reactive ketones (excluding diaryl/α,β-unsaturated/α-hetero) is 1. The molecule has 1 fully saturated rings. The van der Waals surface area contributed by atoms with E-state index in [9.17, 15) is 35.1 Å². The molecule has 6 atom stereocenters. The highest BCUT2D eigenvalue weighted by molar-refractivity contribution is 6.02. The standard InChI is InChI=1S/C22H22O11/c1-30-21(29)20-18(27)17(26)19(28)22(33-20)31-9-6-12(24)16-13(25)8-14(32-15(16)7-9)10-4-2-3-5-11(10)23/h2-7,14,17-20,22-24,26-28H,8H2,1H3/t14-,17-,18-,19+,20-,22+/m0/s1. The zero-order chi connectivity index (χ0) is 23.9. The Labute approximate surface area is 187 Å². The summed E-state index contributed by atoms with van der Waals surface area (Å²) in [6.07, 6.45) is -9.50. The molecule has 176 valence electrons. The maximum absolute atomic E-state index is 12.6. The maximum Gasteiger partial charge on any atom is 0.337 e. The number of methoxy groups -OCH3 is 1. The second-order valence-corrected chi connectivity index (χ2v) is 7.65. The predicted molar refractivity (Wildman–Crippen MR) is 108 cm³/mol. The minimum atomic E-state index is -1.79. The number of ketones is 1. The molecule has 1 saturated heterocycles. The van der Waals surface area contributed by atoms with Crippen LogP contribution in [-0.4, -0.2) is 75.1 Å². The van der Waals surface area contributed by atoms with E-state index < -0.39 is 54.3 Å². The minimum absolute atomic E-state index is 0.0371. The van der Waals surface area contributed by atoms with E-state index in [1.807, 2.05) is 0 Å². The van der Waals surface area contributed by atoms with Crippen LogP contribution < -0.4 is 9.47 Å². The molecule has 2 aromatic carbocycles. The molecule has 2 aliphatic heterocycles. The average Bonchev–Trinajstić information content (AvgIpc) is 2.78. The molecule has 2 aromatic rings. The number of ether oxygens (including phenoxy) is 4. The van der Waals surface area contributed by atoms with Gasteiger partial charge in [0, 0.05) is 17.7 Å². The van der Waals surface area contributed by atoms with Crippen LogP contribution in [0.4, 0.5) is 0 Å². The van der Waals surface area contributed by atoms with Crippen LogP contribution in [0.25, 0.3) is 0 Å². The minimum Gasteiger partial charge on any atom is -0.508 e. The van der Waals surface area contributed by atoms with Crippen molar-refractivity contribution >= 4 is 11.8 Å². The van der Waals surface area contributed by atoms with Gasteiger partial charge in [-0.05, 0) is 6.07 Å². The topological polar surface area (TPSA) is 172 Å². The first-order valence-corrected chi connectivity index (χ1v) is 10.00. The lowest BCUT2D eigenvalue weighted by Crippen LogP contribution is -2.61. The molecule has 33 heavy (non-hydrogen) atoms. The number of benzene rings is 2. The molecule has 0 spiro atoms. The molecule has 0 aromatic heterocycles. The molecule has 11 nitrogen and oxygen atoms in total. The molecule has 0 unspecified atom stereocenters. The number of hydrogen-bond donors (Lipinski definition) is 5. The summed E-state index contributed by atoms with van der Waals surface area (Å²) in [5, 5.41) is 50.8. The van der Waals surface area contributed by atoms with Gasteiger partial charge in [-0.15, -0.1) is 0 Å². The number of carbonyl (C=O) groups excluding carboxylic acids is 2. The number of esters is 1. The number of aliphatic hydroxyl groups excluding tert-OH is 3. The summed E-state index contributed by atoms with van der Waals surface area (Å²) < 4.78 is 21.1. The van der Waals surface area contributed by atoms with Crippen molar-refractivity contribution in [2.24, 2.45) is 0 Å². The van der Waals surface area contributed by atoms with Crippen molar-refractivity contribution in [2.75, 3.05) is 7.11 Å². The van der Waals surface area contributed by atoms with E-state index in [0.29, 0.717) is 5.56 Å². The zero-order valence-electron chi connectivity index (χ0n) is 17.3. The number of carbonyl (C=O) groups is 2. The van der Waals surface area contributed by atoms with Crippen molar-refractivity contribution in [3.63, 3.8) is 0 Å². The van der Waals surface area contributed by atoms with Gasteiger partial charge >= 0.3 is 5.97 Å². The summed E-state index contributed by atoms with van der Waals surface area (Å²) in [6, 6.07) is 8.70. The number of para-hydroxylation sites is 1. The van der Waals surface area contributed by atoms with Crippen molar-refractivity contribution in [1.29, 1.82) is 0 Å². The van der Waals surface area contributed by atoms with Gasteiger partial charge in [0.25, 0.3) is 0 Å². The van der Waals surface area contributed by atoms with Gasteiger partial charge in [-0.1, -0.05) is 18.2 Å². The van der Waals surface area contributed by atoms with Gasteiger partial charge in [0.15, 0.2) is 11.9 Å². The molecule has 0 bridgehead atoms. The molecule has 2 aliphatic rings. The Morgan fingerprint density at radius 1 is 1.03 bits per heavy atom. The van der Waals surface area contributed by atoms with Crippen molar-refractivity contribution in [3.05, 3.63) is 47.5 Å². The second kappa shape index (κ2) is 8.87. The van der Waals surface area contributed by atoms with Gasteiger partial charge in [-0.2, -0.15) is 0 Å². The van der Waals surface area contributed by atoms with Gasteiger partial charge in [0.1, 0.15) is 53.0 Å². The summed E-state index contributed by atoms with van der Waals surface area (Å²) in [5.41, 5.74) is 0.299. The molecule has 5 N–H and O–H groups in total. The molecular weight excluding hydrogens is 440 g/mol. The van der Waals surface area contributed by atoms with Gasteiger partial charge in [0.2, 0.25) is 6.29 Å². The van der Waals surface area contributed by atoms with Crippen LogP contribution >= 0.6 is 0 Å². The normalized spacial score (nSPS) is 29.0. The van der Waals surface area contributed by atoms with Crippen LogP contribution in [0.3, 0.4) is 0 Å². The Bertz CT molecular complexity index is 1070. The third-order valence-corrected chi connectivity index (χ3v) is 5.51. The summed E-state index contributed by atoms with van der Waals surface area (Å²) in [4.78, 5) is 24.5. The fraction of sp³-hybridized carbons (Fsp3) is 0.364. The van der Waals surface area contributed by atoms with Gasteiger partial charge in [-0.3, -0.25) is 4.79 Å². The summed E-state index contributed by atoms with van der Waals surface area (Å²) in [7, 11) is 1.06. The summed E-state index contributed by atoms with van der Waals surface area (Å²) >= 11 is 0. The van der Waals surface area contributed by atoms with E-state index in [0.717, 1.165) is 13.2 Å². The van der Waals surface area contributed by atoms with E-state index in [1.54, 1.807) is 18.2 Å². The highest BCUT2D eigenvalue weighted by Gasteiger charge is 2.48.